The Kier molecular flexibility index (Phi) is 5.28. The predicted octanol–water partition coefficient (Wildman–Crippen LogP) is -0.217. The zero-order valence-electron chi connectivity index (χ0n) is 11.8. The number of carbonyl (C=O) groups is 1. The molecule has 1 N–H and O–H groups in total. The average Bonchev–Trinajstić information content (AvgIpc) is 3.01. The van der Waals surface area contributed by atoms with E-state index in [1.54, 1.807) is 0 Å². The van der Waals surface area contributed by atoms with Crippen LogP contribution in [0.3, 0.4) is 0 Å². The number of thiophene rings is 1. The van der Waals surface area contributed by atoms with E-state index in [-0.39, 0.29) is 16.7 Å². The van der Waals surface area contributed by atoms with Crippen molar-refractivity contribution in [2.45, 2.75) is 5.03 Å². The second kappa shape index (κ2) is 7.18. The van der Waals surface area contributed by atoms with Crippen LogP contribution in [0, 0.1) is 0 Å². The van der Waals surface area contributed by atoms with Gasteiger partial charge in [0.1, 0.15) is 0 Å². The summed E-state index contributed by atoms with van der Waals surface area (Å²) in [6.45, 7) is 0. The summed E-state index contributed by atoms with van der Waals surface area (Å²) in [6, 6.07) is 3.75. The van der Waals surface area contributed by atoms with E-state index >= 15 is 0 Å². The van der Waals surface area contributed by atoms with Crippen molar-refractivity contribution in [3.8, 4) is 0 Å². The first kappa shape index (κ1) is 16.2. The number of carbonyl (C=O) groups excluding carboxylic acids is 1. The third-order valence-electron chi connectivity index (χ3n) is 2.56. The highest BCUT2D eigenvalue weighted by atomic mass is 32.2. The van der Waals surface area contributed by atoms with Crippen molar-refractivity contribution in [3.63, 3.8) is 0 Å². The molecule has 8 nitrogen and oxygen atoms in total. The second-order valence-electron chi connectivity index (χ2n) is 4.17. The quantitative estimate of drug-likeness (QED) is 0.461. The minimum atomic E-state index is -0.525. The smallest absolute Gasteiger partial charge is 0.272 e. The molecule has 0 saturated heterocycles. The van der Waals surface area contributed by atoms with Gasteiger partial charge >= 0.3 is 5.69 Å². The molecule has 22 heavy (non-hydrogen) atoms. The highest BCUT2D eigenvalue weighted by molar-refractivity contribution is 7.99. The average molecular weight is 339 g/mol. The largest absolute Gasteiger partial charge is 0.346 e. The van der Waals surface area contributed by atoms with Crippen molar-refractivity contribution in [1.29, 1.82) is 0 Å². The van der Waals surface area contributed by atoms with Gasteiger partial charge in [-0.3, -0.25) is 14.2 Å². The summed E-state index contributed by atoms with van der Waals surface area (Å²) in [5, 5.41) is 9.64. The van der Waals surface area contributed by atoms with Gasteiger partial charge in [0.25, 0.3) is 5.56 Å². The molecule has 0 fully saturated rings. The van der Waals surface area contributed by atoms with Gasteiger partial charge in [-0.2, -0.15) is 10.2 Å². The summed E-state index contributed by atoms with van der Waals surface area (Å²) in [5.41, 5.74) is 1.32. The van der Waals surface area contributed by atoms with Crippen LogP contribution < -0.4 is 16.7 Å². The number of thioether (sulfide) groups is 1. The van der Waals surface area contributed by atoms with Crippen LogP contribution in [0.5, 0.6) is 0 Å². The Morgan fingerprint density at radius 2 is 2.27 bits per heavy atom. The predicted molar refractivity (Wildman–Crippen MR) is 85.5 cm³/mol. The fraction of sp³-hybridized carbons (Fsp3) is 0.250. The van der Waals surface area contributed by atoms with Crippen LogP contribution in [0.4, 0.5) is 0 Å². The van der Waals surface area contributed by atoms with E-state index in [9.17, 15) is 14.4 Å². The van der Waals surface area contributed by atoms with Crippen LogP contribution in [0.1, 0.15) is 4.88 Å². The van der Waals surface area contributed by atoms with Crippen LogP contribution in [0.25, 0.3) is 0 Å². The topological polar surface area (TPSA) is 98.3 Å². The monoisotopic (exact) mass is 339 g/mol. The number of hydrazone groups is 1. The molecule has 0 unspecified atom stereocenters. The van der Waals surface area contributed by atoms with E-state index < -0.39 is 11.2 Å². The molecule has 0 spiro atoms. The van der Waals surface area contributed by atoms with Gasteiger partial charge in [-0.25, -0.2) is 14.9 Å². The molecular formula is C12H13N5O3S2. The number of aryl methyl sites for hydroxylation is 1. The van der Waals surface area contributed by atoms with E-state index in [4.69, 9.17) is 0 Å². The lowest BCUT2D eigenvalue weighted by atomic mass is 10.5. The van der Waals surface area contributed by atoms with Crippen molar-refractivity contribution >= 4 is 35.2 Å². The molecule has 0 aromatic carbocycles. The number of nitrogens with one attached hydrogen (secondary N) is 1. The van der Waals surface area contributed by atoms with Gasteiger partial charge in [0, 0.05) is 19.0 Å². The minimum absolute atomic E-state index is 0.0256. The summed E-state index contributed by atoms with van der Waals surface area (Å²) in [4.78, 5) is 35.9. The normalized spacial score (nSPS) is 11.0. The second-order valence-corrected chi connectivity index (χ2v) is 6.12. The molecule has 2 aromatic rings. The van der Waals surface area contributed by atoms with E-state index in [1.807, 2.05) is 17.5 Å². The first-order valence-corrected chi connectivity index (χ1v) is 7.98. The molecule has 1 amide bonds. The summed E-state index contributed by atoms with van der Waals surface area (Å²) in [6.07, 6.45) is 1.54. The fourth-order valence-electron chi connectivity index (χ4n) is 1.46. The van der Waals surface area contributed by atoms with Crippen LogP contribution >= 0.6 is 23.1 Å². The molecule has 10 heteroatoms. The highest BCUT2D eigenvalue weighted by Crippen LogP contribution is 2.08. The van der Waals surface area contributed by atoms with Crippen LogP contribution in [-0.4, -0.2) is 32.2 Å². The number of aromatic nitrogens is 3. The van der Waals surface area contributed by atoms with Crippen molar-refractivity contribution in [2.75, 3.05) is 5.75 Å². The highest BCUT2D eigenvalue weighted by Gasteiger charge is 2.11. The molecule has 0 bridgehead atoms. The Morgan fingerprint density at radius 1 is 1.50 bits per heavy atom. The third-order valence-corrected chi connectivity index (χ3v) is 4.30. The molecule has 2 rings (SSSR count). The van der Waals surface area contributed by atoms with Gasteiger partial charge in [0.05, 0.1) is 12.0 Å². The minimum Gasteiger partial charge on any atom is -0.272 e. The molecule has 2 aromatic heterocycles. The Morgan fingerprint density at radius 3 is 2.95 bits per heavy atom. The zero-order chi connectivity index (χ0) is 16.1. The van der Waals surface area contributed by atoms with Gasteiger partial charge in [0.15, 0.2) is 5.03 Å². The summed E-state index contributed by atoms with van der Waals surface area (Å²) in [5.74, 6) is -0.391. The number of amides is 1. The maximum atomic E-state index is 11.8. The Balaban J connectivity index is 1.94. The first-order chi connectivity index (χ1) is 10.5. The number of nitrogens with zero attached hydrogens (tertiary/aromatic N) is 4. The summed E-state index contributed by atoms with van der Waals surface area (Å²) in [7, 11) is 2.80. The van der Waals surface area contributed by atoms with Crippen molar-refractivity contribution in [2.24, 2.45) is 19.2 Å². The molecule has 0 aliphatic heterocycles. The molecule has 0 saturated carbocycles. The van der Waals surface area contributed by atoms with E-state index in [1.165, 1.54) is 31.6 Å². The van der Waals surface area contributed by atoms with Gasteiger partial charge in [-0.05, 0) is 11.4 Å². The van der Waals surface area contributed by atoms with Crippen LogP contribution in [0.2, 0.25) is 0 Å². The Hall–Kier alpha value is -2.20. The van der Waals surface area contributed by atoms with Gasteiger partial charge in [-0.15, -0.1) is 11.3 Å². The number of hydrogen-bond acceptors (Lipinski definition) is 7. The first-order valence-electron chi connectivity index (χ1n) is 6.11. The molecule has 0 atom stereocenters. The maximum Gasteiger partial charge on any atom is 0.346 e. The molecule has 2 heterocycles. The van der Waals surface area contributed by atoms with Gasteiger partial charge in [0.2, 0.25) is 5.91 Å². The Bertz CT molecular complexity index is 807. The maximum absolute atomic E-state index is 11.8. The van der Waals surface area contributed by atoms with Gasteiger partial charge in [-0.1, -0.05) is 17.8 Å². The lowest BCUT2D eigenvalue weighted by Gasteiger charge is -2.04. The standard InChI is InChI=1S/C12H13N5O3S2/c1-16-11(19)10(15-17(2)12(16)20)22-7-9(18)14-13-6-8-4-3-5-21-8/h3-6H,7H2,1-2H3,(H,14,18)/b13-6-. The van der Waals surface area contributed by atoms with Gasteiger partial charge < -0.3 is 0 Å². The number of rotatable bonds is 5. The van der Waals surface area contributed by atoms with Crippen molar-refractivity contribution in [1.82, 2.24) is 19.8 Å². The molecule has 0 radical (unpaired) electrons. The molecular weight excluding hydrogens is 326 g/mol. The van der Waals surface area contributed by atoms with E-state index in [2.05, 4.69) is 15.6 Å². The summed E-state index contributed by atoms with van der Waals surface area (Å²) < 4.78 is 2.00. The Labute approximate surface area is 133 Å². The third kappa shape index (κ3) is 3.92. The van der Waals surface area contributed by atoms with E-state index in [0.29, 0.717) is 0 Å². The lowest BCUT2D eigenvalue weighted by molar-refractivity contribution is -0.118. The SMILES string of the molecule is Cn1nc(SCC(=O)N/N=C\c2cccs2)c(=O)n(C)c1=O. The van der Waals surface area contributed by atoms with Crippen LogP contribution in [-0.2, 0) is 18.9 Å². The van der Waals surface area contributed by atoms with Crippen molar-refractivity contribution in [3.05, 3.63) is 43.2 Å². The molecule has 0 aliphatic rings. The van der Waals surface area contributed by atoms with Crippen molar-refractivity contribution < 1.29 is 4.79 Å². The van der Waals surface area contributed by atoms with Crippen LogP contribution in [0.15, 0.2) is 37.2 Å². The molecule has 0 aliphatic carbocycles. The fourth-order valence-corrected chi connectivity index (χ4v) is 2.82. The zero-order valence-corrected chi connectivity index (χ0v) is 13.5. The molecule has 116 valence electrons. The lowest BCUT2D eigenvalue weighted by Crippen LogP contribution is -2.39. The number of hydrogen-bond donors (Lipinski definition) is 1. The van der Waals surface area contributed by atoms with E-state index in [0.717, 1.165) is 25.9 Å². The summed E-state index contributed by atoms with van der Waals surface area (Å²) >= 11 is 2.45.